The molecule has 0 radical (unpaired) electrons. The number of anilines is 2. The van der Waals surface area contributed by atoms with E-state index in [2.05, 4.69) is 10.1 Å². The summed E-state index contributed by atoms with van der Waals surface area (Å²) in [7, 11) is 1.80. The summed E-state index contributed by atoms with van der Waals surface area (Å²) >= 11 is 6.24. The standard InChI is InChI=1S/C19H17ClN4O2/c1-23(19-21-17(26-22-19)13-7-3-2-4-8-13)16-11-12-24(18(16)25)15-10-6-5-9-14(15)20/h2-10,16H,11-12H2,1H3. The van der Waals surface area contributed by atoms with Crippen molar-refractivity contribution in [2.75, 3.05) is 23.4 Å². The number of likely N-dealkylation sites (N-methyl/N-ethyl adjacent to an activating group) is 1. The van der Waals surface area contributed by atoms with Crippen LogP contribution in [-0.2, 0) is 4.79 Å². The van der Waals surface area contributed by atoms with Crippen LogP contribution < -0.4 is 9.80 Å². The monoisotopic (exact) mass is 368 g/mol. The maximum absolute atomic E-state index is 12.9. The highest BCUT2D eigenvalue weighted by molar-refractivity contribution is 6.34. The molecule has 1 unspecified atom stereocenters. The van der Waals surface area contributed by atoms with Gasteiger partial charge < -0.3 is 14.3 Å². The molecule has 4 rings (SSSR count). The normalized spacial score (nSPS) is 16.9. The van der Waals surface area contributed by atoms with Gasteiger partial charge in [-0.2, -0.15) is 4.98 Å². The van der Waals surface area contributed by atoms with Crippen LogP contribution >= 0.6 is 11.6 Å². The molecule has 1 aromatic heterocycles. The number of amides is 1. The van der Waals surface area contributed by atoms with Gasteiger partial charge in [-0.15, -0.1) is 0 Å². The van der Waals surface area contributed by atoms with Crippen LogP contribution in [0.15, 0.2) is 59.1 Å². The van der Waals surface area contributed by atoms with E-state index < -0.39 is 0 Å². The summed E-state index contributed by atoms with van der Waals surface area (Å²) < 4.78 is 5.35. The molecule has 132 valence electrons. The van der Waals surface area contributed by atoms with Gasteiger partial charge in [-0.25, -0.2) is 0 Å². The Morgan fingerprint density at radius 3 is 2.65 bits per heavy atom. The minimum absolute atomic E-state index is 0.0216. The third kappa shape index (κ3) is 2.93. The van der Waals surface area contributed by atoms with E-state index >= 15 is 0 Å². The van der Waals surface area contributed by atoms with E-state index in [0.29, 0.717) is 29.8 Å². The van der Waals surface area contributed by atoms with Crippen LogP contribution in [0.2, 0.25) is 5.02 Å². The Kier molecular flexibility index (Phi) is 4.34. The fraction of sp³-hybridized carbons (Fsp3) is 0.211. The largest absolute Gasteiger partial charge is 0.332 e. The lowest BCUT2D eigenvalue weighted by atomic mass is 10.2. The Labute approximate surface area is 156 Å². The highest BCUT2D eigenvalue weighted by Crippen LogP contribution is 2.31. The maximum atomic E-state index is 12.9. The number of carbonyl (C=O) groups is 1. The summed E-state index contributed by atoms with van der Waals surface area (Å²) in [6.07, 6.45) is 0.662. The fourth-order valence-corrected chi connectivity index (χ4v) is 3.37. The van der Waals surface area contributed by atoms with Gasteiger partial charge in [0, 0.05) is 19.2 Å². The van der Waals surface area contributed by atoms with E-state index in [0.717, 1.165) is 11.3 Å². The van der Waals surface area contributed by atoms with Gasteiger partial charge in [0.2, 0.25) is 5.91 Å². The van der Waals surface area contributed by atoms with Gasteiger partial charge in [0.25, 0.3) is 11.8 Å². The van der Waals surface area contributed by atoms with Crippen molar-refractivity contribution >= 4 is 29.1 Å². The highest BCUT2D eigenvalue weighted by atomic mass is 35.5. The molecule has 1 fully saturated rings. The van der Waals surface area contributed by atoms with Crippen molar-refractivity contribution < 1.29 is 9.32 Å². The van der Waals surface area contributed by atoms with Crippen LogP contribution in [-0.4, -0.2) is 35.7 Å². The molecular formula is C19H17ClN4O2. The molecule has 0 spiro atoms. The van der Waals surface area contributed by atoms with E-state index in [9.17, 15) is 4.79 Å². The first-order chi connectivity index (χ1) is 12.6. The SMILES string of the molecule is CN(c1noc(-c2ccccc2)n1)C1CCN(c2ccccc2Cl)C1=O. The third-order valence-electron chi connectivity index (χ3n) is 4.54. The van der Waals surface area contributed by atoms with E-state index in [1.165, 1.54) is 0 Å². The lowest BCUT2D eigenvalue weighted by molar-refractivity contribution is -0.118. The van der Waals surface area contributed by atoms with Gasteiger partial charge in [0.15, 0.2) is 0 Å². The lowest BCUT2D eigenvalue weighted by Gasteiger charge is -2.22. The Balaban J connectivity index is 1.54. The summed E-state index contributed by atoms with van der Waals surface area (Å²) in [5.74, 6) is 0.802. The number of halogens is 1. The van der Waals surface area contributed by atoms with Crippen LogP contribution in [0.25, 0.3) is 11.5 Å². The van der Waals surface area contributed by atoms with Crippen molar-refractivity contribution in [1.82, 2.24) is 10.1 Å². The number of nitrogens with zero attached hydrogens (tertiary/aromatic N) is 4. The summed E-state index contributed by atoms with van der Waals surface area (Å²) in [5.41, 5.74) is 1.57. The molecule has 3 aromatic rings. The second-order valence-electron chi connectivity index (χ2n) is 6.12. The average molecular weight is 369 g/mol. The van der Waals surface area contributed by atoms with Crippen LogP contribution in [0.3, 0.4) is 0 Å². The van der Waals surface area contributed by atoms with Crippen LogP contribution in [0.4, 0.5) is 11.6 Å². The summed E-state index contributed by atoms with van der Waals surface area (Å²) in [5, 5.41) is 4.59. The van der Waals surface area contributed by atoms with E-state index in [1.807, 2.05) is 48.5 Å². The van der Waals surface area contributed by atoms with Crippen molar-refractivity contribution in [2.45, 2.75) is 12.5 Å². The summed E-state index contributed by atoms with van der Waals surface area (Å²) in [4.78, 5) is 20.8. The van der Waals surface area contributed by atoms with Crippen molar-refractivity contribution in [3.63, 3.8) is 0 Å². The third-order valence-corrected chi connectivity index (χ3v) is 4.86. The van der Waals surface area contributed by atoms with Crippen molar-refractivity contribution in [1.29, 1.82) is 0 Å². The smallest absolute Gasteiger partial charge is 0.266 e. The molecule has 2 aromatic carbocycles. The van der Waals surface area contributed by atoms with Crippen molar-refractivity contribution in [2.24, 2.45) is 0 Å². The molecule has 0 saturated carbocycles. The van der Waals surface area contributed by atoms with Crippen molar-refractivity contribution in [3.8, 4) is 11.5 Å². The molecular weight excluding hydrogens is 352 g/mol. The Morgan fingerprint density at radius 2 is 1.88 bits per heavy atom. The molecule has 1 aliphatic rings. The van der Waals surface area contributed by atoms with Gasteiger partial charge in [0.1, 0.15) is 6.04 Å². The number of carbonyl (C=O) groups excluding carboxylic acids is 1. The molecule has 7 heteroatoms. The molecule has 1 amide bonds. The number of rotatable bonds is 4. The fourth-order valence-electron chi connectivity index (χ4n) is 3.13. The van der Waals surface area contributed by atoms with Gasteiger partial charge in [-0.1, -0.05) is 41.9 Å². The number of aromatic nitrogens is 2. The van der Waals surface area contributed by atoms with Crippen LogP contribution in [0, 0.1) is 0 Å². The molecule has 2 heterocycles. The predicted octanol–water partition coefficient (Wildman–Crippen LogP) is 3.63. The Hall–Kier alpha value is -2.86. The summed E-state index contributed by atoms with van der Waals surface area (Å²) in [6.45, 7) is 0.598. The number of hydrogen-bond donors (Lipinski definition) is 0. The number of para-hydroxylation sites is 1. The number of hydrogen-bond acceptors (Lipinski definition) is 5. The zero-order valence-electron chi connectivity index (χ0n) is 14.2. The molecule has 1 atom stereocenters. The highest BCUT2D eigenvalue weighted by Gasteiger charge is 2.37. The molecule has 6 nitrogen and oxygen atoms in total. The molecule has 1 aliphatic heterocycles. The minimum atomic E-state index is -0.354. The number of benzene rings is 2. The average Bonchev–Trinajstić information content (AvgIpc) is 3.30. The second-order valence-corrected chi connectivity index (χ2v) is 6.53. The molecule has 0 bridgehead atoms. The van der Waals surface area contributed by atoms with Crippen molar-refractivity contribution in [3.05, 3.63) is 59.6 Å². The molecule has 1 saturated heterocycles. The molecule has 26 heavy (non-hydrogen) atoms. The first-order valence-corrected chi connectivity index (χ1v) is 8.71. The molecule has 0 aliphatic carbocycles. The lowest BCUT2D eigenvalue weighted by Crippen LogP contribution is -2.40. The van der Waals surface area contributed by atoms with E-state index in [-0.39, 0.29) is 11.9 Å². The predicted molar refractivity (Wildman–Crippen MR) is 100 cm³/mol. The zero-order chi connectivity index (χ0) is 18.1. The quantitative estimate of drug-likeness (QED) is 0.703. The van der Waals surface area contributed by atoms with Crippen LogP contribution in [0.5, 0.6) is 0 Å². The summed E-state index contributed by atoms with van der Waals surface area (Å²) in [6, 6.07) is 16.5. The van der Waals surface area contributed by atoms with E-state index in [1.54, 1.807) is 22.9 Å². The first-order valence-electron chi connectivity index (χ1n) is 8.33. The van der Waals surface area contributed by atoms with Gasteiger partial charge in [-0.05, 0) is 35.8 Å². The Morgan fingerprint density at radius 1 is 1.15 bits per heavy atom. The van der Waals surface area contributed by atoms with Crippen LogP contribution in [0.1, 0.15) is 6.42 Å². The maximum Gasteiger partial charge on any atom is 0.266 e. The van der Waals surface area contributed by atoms with Gasteiger partial charge in [-0.3, -0.25) is 4.79 Å². The second kappa shape index (κ2) is 6.80. The first kappa shape index (κ1) is 16.6. The van der Waals surface area contributed by atoms with Gasteiger partial charge >= 0.3 is 0 Å². The molecule has 0 N–H and O–H groups in total. The Bertz CT molecular complexity index is 928. The zero-order valence-corrected chi connectivity index (χ0v) is 14.9. The van der Waals surface area contributed by atoms with Gasteiger partial charge in [0.05, 0.1) is 10.7 Å². The van der Waals surface area contributed by atoms with E-state index in [4.69, 9.17) is 16.1 Å². The topological polar surface area (TPSA) is 62.5 Å². The minimum Gasteiger partial charge on any atom is -0.332 e.